The summed E-state index contributed by atoms with van der Waals surface area (Å²) in [4.78, 5) is 261. The van der Waals surface area contributed by atoms with E-state index in [1.54, 1.807) is 65.0 Å². The summed E-state index contributed by atoms with van der Waals surface area (Å²) < 4.78 is 0. The van der Waals surface area contributed by atoms with Gasteiger partial charge in [-0.05, 0) is 138 Å². The standard InChI is InChI=1S/C92H132N10O28S/c1-8-53(4)85(80(116)40-61(34-58-19-24-65(107)25-20-58)88(126)97-72(33-52(2)3)76(112)38-62(42-83(120)121)87(125)96-54(5)15-12-13-29-93)101-90(128)64(48-103)41-77(113)73(36-59-21-26-66(108)27-22-59)98-89(127)63(43-84(122)123)39-78(114)75(49-104)100-92(130)71(56(7)106)45-79(115)74(35-57-16-10-9-11-17-57)99-91(129)70(55(6)105)44-68(110)46-95-86(124)60(23-28-82(118)119)37-69(111)51-131-50-67(109)18-14-31-102-32-30-94-81(117)47-102/h9-11,16-17,19-22,24-27,52-56,60-64,70-75,85,103-108H,8,12-15,18,23,28-51,93H2,1-7H3,(H,94,117)(H,95,124)(H,96,125)(H,97,126)(H,98,127)(H,99,129)(H,100,130)(H,101,128)(H,118,119)(H,120,121)(H,122,123)/t53-,54+,55+,56+,60+,61+,62-,63-,64-,70-,71-,72-,73-,74-,75-,85-/m0/s1. The van der Waals surface area contributed by atoms with E-state index in [1.165, 1.54) is 48.5 Å². The number of phenolic OH excluding ortho intramolecular Hbond substituents is 2. The number of hydrogen-bond donors (Lipinski definition) is 18. The van der Waals surface area contributed by atoms with Crippen LogP contribution in [0.25, 0.3) is 0 Å². The van der Waals surface area contributed by atoms with Crippen LogP contribution >= 0.6 is 11.8 Å². The van der Waals surface area contributed by atoms with Gasteiger partial charge in [-0.25, -0.2) is 0 Å². The number of rotatable bonds is 67. The lowest BCUT2D eigenvalue weighted by atomic mass is 9.85. The van der Waals surface area contributed by atoms with E-state index in [4.69, 9.17) is 5.73 Å². The molecular weight excluding hydrogens is 1730 g/mol. The smallest absolute Gasteiger partial charge is 0.304 e. The molecule has 38 nitrogen and oxygen atoms in total. The van der Waals surface area contributed by atoms with Gasteiger partial charge in [0.2, 0.25) is 47.3 Å². The van der Waals surface area contributed by atoms with Gasteiger partial charge >= 0.3 is 17.9 Å². The Morgan fingerprint density at radius 3 is 1.47 bits per heavy atom. The van der Waals surface area contributed by atoms with Crippen molar-refractivity contribution in [3.63, 3.8) is 0 Å². The van der Waals surface area contributed by atoms with E-state index in [0.717, 1.165) is 25.6 Å². The molecule has 1 aliphatic rings. The van der Waals surface area contributed by atoms with Crippen LogP contribution in [0.15, 0.2) is 78.9 Å². The minimum Gasteiger partial charge on any atom is -0.508 e. The van der Waals surface area contributed by atoms with E-state index in [-0.39, 0.29) is 97.3 Å². The normalized spacial score (nSPS) is 15.8. The third-order valence-corrected chi connectivity index (χ3v) is 23.8. The molecule has 16 atom stereocenters. The van der Waals surface area contributed by atoms with Crippen molar-refractivity contribution in [1.82, 2.24) is 47.4 Å². The van der Waals surface area contributed by atoms with Crippen LogP contribution < -0.4 is 48.3 Å². The maximum absolute atomic E-state index is 14.8. The Labute approximate surface area is 765 Å². The molecule has 724 valence electrons. The molecule has 0 aliphatic carbocycles. The first-order valence-corrected chi connectivity index (χ1v) is 45.5. The summed E-state index contributed by atoms with van der Waals surface area (Å²) in [6, 6.07) is 10.5. The molecule has 0 spiro atoms. The van der Waals surface area contributed by atoms with Crippen molar-refractivity contribution in [2.75, 3.05) is 64.0 Å². The predicted molar refractivity (Wildman–Crippen MR) is 478 cm³/mol. The van der Waals surface area contributed by atoms with Gasteiger partial charge in [-0.3, -0.25) is 96.0 Å². The Hall–Kier alpha value is -11.1. The van der Waals surface area contributed by atoms with Crippen molar-refractivity contribution in [2.24, 2.45) is 59.0 Å². The topological polar surface area (TPSA) is 632 Å². The fourth-order valence-electron chi connectivity index (χ4n) is 14.9. The molecule has 19 N–H and O–H groups in total. The second kappa shape index (κ2) is 58.6. The second-order valence-electron chi connectivity index (χ2n) is 34.4. The van der Waals surface area contributed by atoms with Crippen molar-refractivity contribution in [3.05, 3.63) is 95.6 Å². The molecule has 1 heterocycles. The van der Waals surface area contributed by atoms with Gasteiger partial charge in [0.1, 0.15) is 29.1 Å². The SMILES string of the molecule is CC[C@H](C)[C@H](NC(=O)[C@H](CO)CC(=O)[C@H](Cc1ccc(O)cc1)NC(=O)[C@H](CC(=O)O)CC(=O)[C@H](CO)NC(=O)[C@@H](CC(=O)[C@H](Cc1ccccc1)NC(=O)[C@@H](CC(=O)CNC(=O)[C@H](CCC(=O)O)CC(=O)CSCC(=O)CCCN1CCNC(=O)C1)[C@@H](C)O)[C@@H](C)O)C(=O)C[C@@H](Cc1ccc(O)cc1)C(=O)N[C@@H](CC(C)C)C(=O)C[C@@H](CC(=O)O)C(=O)N[C@H](C)CCCCN. The van der Waals surface area contributed by atoms with Crippen LogP contribution in [-0.2, 0) is 110 Å². The van der Waals surface area contributed by atoms with Crippen LogP contribution in [0.1, 0.15) is 181 Å². The van der Waals surface area contributed by atoms with Gasteiger partial charge in [-0.1, -0.05) is 95.1 Å². The molecule has 39 heteroatoms. The number of nitrogens with one attached hydrogen (secondary N) is 8. The number of thioether (sulfide) groups is 1. The van der Waals surface area contributed by atoms with Crippen LogP contribution in [0.5, 0.6) is 11.5 Å². The van der Waals surface area contributed by atoms with E-state index in [9.17, 15) is 137 Å². The zero-order valence-corrected chi connectivity index (χ0v) is 76.3. The molecule has 0 radical (unpaired) electrons. The first kappa shape index (κ1) is 112. The van der Waals surface area contributed by atoms with Crippen molar-refractivity contribution < 1.29 is 137 Å². The summed E-state index contributed by atoms with van der Waals surface area (Å²) in [5.41, 5.74) is 6.78. The highest BCUT2D eigenvalue weighted by Crippen LogP contribution is 2.27. The number of unbranched alkanes of at least 4 members (excludes halogenated alkanes) is 1. The number of Topliss-reactive ketones (excluding diaryl/α,β-unsaturated/α-hetero) is 8. The summed E-state index contributed by atoms with van der Waals surface area (Å²) in [6.45, 7) is 10.1. The number of piperazine rings is 1. The van der Waals surface area contributed by atoms with Gasteiger partial charge in [0, 0.05) is 88.8 Å². The second-order valence-corrected chi connectivity index (χ2v) is 35.3. The van der Waals surface area contributed by atoms with Crippen LogP contribution in [0.4, 0.5) is 0 Å². The zero-order chi connectivity index (χ0) is 97.7. The molecule has 1 aliphatic heterocycles. The van der Waals surface area contributed by atoms with Gasteiger partial charge in [0.15, 0.2) is 34.7 Å². The molecule has 0 saturated carbocycles. The maximum Gasteiger partial charge on any atom is 0.304 e. The lowest BCUT2D eigenvalue weighted by molar-refractivity contribution is -0.143. The molecular formula is C92H132N10O28S. The number of phenols is 2. The molecule has 131 heavy (non-hydrogen) atoms. The summed E-state index contributed by atoms with van der Waals surface area (Å²) >= 11 is 1.01. The number of carboxylic acids is 3. The van der Waals surface area contributed by atoms with Crippen LogP contribution in [0.2, 0.25) is 0 Å². The number of benzene rings is 3. The number of ketones is 8. The van der Waals surface area contributed by atoms with E-state index in [1.807, 2.05) is 4.90 Å². The van der Waals surface area contributed by atoms with E-state index >= 15 is 0 Å². The minimum absolute atomic E-state index is 0.0184. The molecule has 4 rings (SSSR count). The zero-order valence-electron chi connectivity index (χ0n) is 75.5. The molecule has 1 fully saturated rings. The fraction of sp³-hybridized carbons (Fsp3) is 0.598. The molecule has 8 amide bonds. The van der Waals surface area contributed by atoms with Crippen LogP contribution in [-0.4, -0.2) is 275 Å². The van der Waals surface area contributed by atoms with E-state index in [0.29, 0.717) is 63.0 Å². The Morgan fingerprint density at radius 1 is 0.458 bits per heavy atom. The monoisotopic (exact) mass is 1860 g/mol. The number of nitrogens with zero attached hydrogens (tertiary/aromatic N) is 1. The summed E-state index contributed by atoms with van der Waals surface area (Å²) in [5, 5.41) is 114. The third kappa shape index (κ3) is 42.3. The summed E-state index contributed by atoms with van der Waals surface area (Å²) in [5.74, 6) is -29.8. The molecule has 3 aromatic carbocycles. The number of aliphatic hydroxyl groups excluding tert-OH is 4. The van der Waals surface area contributed by atoms with Crippen molar-refractivity contribution in [1.29, 1.82) is 0 Å². The lowest BCUT2D eigenvalue weighted by Crippen LogP contribution is -2.52. The van der Waals surface area contributed by atoms with E-state index in [2.05, 4.69) is 42.5 Å². The number of amides is 8. The number of carbonyl (C=O) groups excluding carboxylic acids is 16. The Bertz CT molecular complexity index is 4340. The lowest BCUT2D eigenvalue weighted by Gasteiger charge is -2.28. The molecule has 1 saturated heterocycles. The van der Waals surface area contributed by atoms with Gasteiger partial charge in [-0.2, -0.15) is 0 Å². The molecule has 0 bridgehead atoms. The predicted octanol–water partition coefficient (Wildman–Crippen LogP) is 1.49. The fourth-order valence-corrected chi connectivity index (χ4v) is 15.7. The molecule has 0 aromatic heterocycles. The van der Waals surface area contributed by atoms with Gasteiger partial charge in [0.05, 0.1) is 117 Å². The highest BCUT2D eigenvalue weighted by Gasteiger charge is 2.41. The largest absolute Gasteiger partial charge is 0.508 e. The number of carboxylic acid groups (broad SMARTS) is 3. The maximum atomic E-state index is 14.8. The van der Waals surface area contributed by atoms with Crippen molar-refractivity contribution in [2.45, 2.75) is 232 Å². The molecule has 0 unspecified atom stereocenters. The Kier molecular flexibility index (Phi) is 50.2. The van der Waals surface area contributed by atoms with Gasteiger partial charge in [0.25, 0.3) is 0 Å². The number of aromatic hydroxyl groups is 2. The minimum atomic E-state index is -1.99. The van der Waals surface area contributed by atoms with Crippen LogP contribution in [0.3, 0.4) is 0 Å². The number of nitrogens with two attached hydrogens (primary N) is 1. The van der Waals surface area contributed by atoms with Crippen molar-refractivity contribution in [3.8, 4) is 11.5 Å². The summed E-state index contributed by atoms with van der Waals surface area (Å²) in [6.07, 6.45) is -9.36. The average molecular weight is 1860 g/mol. The summed E-state index contributed by atoms with van der Waals surface area (Å²) in [7, 11) is 0. The first-order valence-electron chi connectivity index (χ1n) is 44.3. The molecule has 3 aromatic rings. The number of aliphatic carboxylic acids is 3. The Balaban J connectivity index is 1.52. The van der Waals surface area contributed by atoms with Gasteiger partial charge in [-0.15, -0.1) is 11.8 Å². The van der Waals surface area contributed by atoms with Crippen molar-refractivity contribution >= 4 is 123 Å². The highest BCUT2D eigenvalue weighted by molar-refractivity contribution is 8.00. The highest BCUT2D eigenvalue weighted by atomic mass is 32.2. The van der Waals surface area contributed by atoms with Crippen LogP contribution in [0, 0.1) is 53.3 Å². The number of hydrogen-bond acceptors (Lipinski definition) is 28. The first-order chi connectivity index (χ1) is 61.9. The number of carbonyl (C=O) groups is 19. The van der Waals surface area contributed by atoms with E-state index < -0.39 is 280 Å². The van der Waals surface area contributed by atoms with Gasteiger partial charge < -0.3 is 94.2 Å². The quantitative estimate of drug-likeness (QED) is 0.0356. The third-order valence-electron chi connectivity index (χ3n) is 22.8. The number of aliphatic hydroxyl groups is 4. The Morgan fingerprint density at radius 2 is 0.939 bits per heavy atom. The average Bonchev–Trinajstić information content (AvgIpc) is 0.860.